The number of hydrogen-bond acceptors (Lipinski definition) is 7. The minimum Gasteiger partial charge on any atom is -0.393 e. The third-order valence-corrected chi connectivity index (χ3v) is 4.46. The van der Waals surface area contributed by atoms with Gasteiger partial charge in [0.1, 0.15) is 11.8 Å². The van der Waals surface area contributed by atoms with Crippen LogP contribution in [0.1, 0.15) is 19.5 Å². The molecule has 2 aromatic rings. The topological polar surface area (TPSA) is 104 Å². The fraction of sp³-hybridized carbons (Fsp3) is 0.571. The molecule has 3 N–H and O–H groups in total. The number of anilines is 1. The van der Waals surface area contributed by atoms with Crippen LogP contribution in [0, 0.1) is 0 Å². The summed E-state index contributed by atoms with van der Waals surface area (Å²) in [4.78, 5) is 3.93. The third-order valence-electron chi connectivity index (χ3n) is 4.46. The maximum atomic E-state index is 14.5. The molecule has 4 heterocycles. The molecule has 0 bridgehead atoms. The first-order valence-corrected chi connectivity index (χ1v) is 7.21. The summed E-state index contributed by atoms with van der Waals surface area (Å²) in [5, 5.41) is 14.1. The Balaban J connectivity index is 1.99. The Bertz CT molecular complexity index is 781. The molecule has 0 spiro atoms. The second-order valence-electron chi connectivity index (χ2n) is 6.27. The van der Waals surface area contributed by atoms with Gasteiger partial charge in [0, 0.05) is 0 Å². The molecule has 3 atom stereocenters. The Morgan fingerprint density at radius 1 is 1.43 bits per heavy atom. The standard InChI is InChI=1S/C14H17FN4O4/c1-12(2)22-13(5-20)11(15)21-6-14(13,23-12)9-4-3-8-10(16)17-7-18-19(8)9/h3-4,7,11,20H,5-6H2,1-2H3,(H2,16,17,18)/t11?,13-,14?/m1/s1. The molecule has 4 rings (SSSR count). The van der Waals surface area contributed by atoms with Crippen LogP contribution in [-0.4, -0.2) is 50.7 Å². The van der Waals surface area contributed by atoms with Gasteiger partial charge in [0.05, 0.1) is 18.9 Å². The number of alkyl halides is 1. The molecule has 2 aliphatic heterocycles. The van der Waals surface area contributed by atoms with Gasteiger partial charge in [-0.1, -0.05) is 0 Å². The van der Waals surface area contributed by atoms with E-state index in [0.29, 0.717) is 11.2 Å². The van der Waals surface area contributed by atoms with Crippen molar-refractivity contribution in [2.45, 2.75) is 37.2 Å². The number of nitrogens with zero attached hydrogens (tertiary/aromatic N) is 3. The first-order chi connectivity index (χ1) is 10.9. The summed E-state index contributed by atoms with van der Waals surface area (Å²) < 4.78 is 33.0. The Hall–Kier alpha value is -1.81. The number of aliphatic hydroxyl groups excluding tert-OH is 1. The lowest BCUT2D eigenvalue weighted by atomic mass is 9.83. The van der Waals surface area contributed by atoms with E-state index in [1.807, 2.05) is 0 Å². The fourth-order valence-electron chi connectivity index (χ4n) is 3.59. The largest absolute Gasteiger partial charge is 0.393 e. The minimum absolute atomic E-state index is 0.117. The maximum absolute atomic E-state index is 14.5. The van der Waals surface area contributed by atoms with E-state index in [2.05, 4.69) is 10.1 Å². The quantitative estimate of drug-likeness (QED) is 0.821. The Labute approximate surface area is 131 Å². The third kappa shape index (κ3) is 1.67. The van der Waals surface area contributed by atoms with Crippen LogP contribution in [0.25, 0.3) is 5.52 Å². The van der Waals surface area contributed by atoms with Crippen molar-refractivity contribution in [1.82, 2.24) is 14.6 Å². The van der Waals surface area contributed by atoms with Gasteiger partial charge in [-0.3, -0.25) is 0 Å². The summed E-state index contributed by atoms with van der Waals surface area (Å²) >= 11 is 0. The van der Waals surface area contributed by atoms with Crippen LogP contribution in [0.15, 0.2) is 18.5 Å². The van der Waals surface area contributed by atoms with Gasteiger partial charge in [-0.2, -0.15) is 5.10 Å². The van der Waals surface area contributed by atoms with E-state index in [4.69, 9.17) is 19.9 Å². The van der Waals surface area contributed by atoms with E-state index in [0.717, 1.165) is 0 Å². The van der Waals surface area contributed by atoms with Crippen LogP contribution in [0.2, 0.25) is 0 Å². The molecule has 0 saturated carbocycles. The normalized spacial score (nSPS) is 35.7. The zero-order valence-electron chi connectivity index (χ0n) is 12.7. The highest BCUT2D eigenvalue weighted by Gasteiger charge is 2.74. The van der Waals surface area contributed by atoms with Crippen molar-refractivity contribution in [1.29, 1.82) is 0 Å². The van der Waals surface area contributed by atoms with Crippen LogP contribution < -0.4 is 5.73 Å². The molecule has 0 amide bonds. The number of fused-ring (bicyclic) bond motifs is 2. The summed E-state index contributed by atoms with van der Waals surface area (Å²) in [5.74, 6) is -0.814. The van der Waals surface area contributed by atoms with Gasteiger partial charge in [-0.05, 0) is 26.0 Å². The summed E-state index contributed by atoms with van der Waals surface area (Å²) in [5.41, 5.74) is 3.87. The van der Waals surface area contributed by atoms with E-state index in [1.54, 1.807) is 26.0 Å². The van der Waals surface area contributed by atoms with Crippen molar-refractivity contribution in [2.75, 3.05) is 18.9 Å². The van der Waals surface area contributed by atoms with Gasteiger partial charge >= 0.3 is 0 Å². The van der Waals surface area contributed by atoms with Crippen molar-refractivity contribution < 1.29 is 23.7 Å². The van der Waals surface area contributed by atoms with Gasteiger partial charge in [0.25, 0.3) is 0 Å². The zero-order valence-corrected chi connectivity index (χ0v) is 12.7. The smallest absolute Gasteiger partial charge is 0.234 e. The highest BCUT2D eigenvalue weighted by Crippen LogP contribution is 2.56. The molecule has 124 valence electrons. The van der Waals surface area contributed by atoms with E-state index >= 15 is 0 Å². The van der Waals surface area contributed by atoms with Gasteiger partial charge in [-0.25, -0.2) is 13.9 Å². The summed E-state index contributed by atoms with van der Waals surface area (Å²) in [7, 11) is 0. The molecule has 2 aromatic heterocycles. The van der Waals surface area contributed by atoms with Crippen molar-refractivity contribution in [3.63, 3.8) is 0 Å². The molecule has 8 nitrogen and oxygen atoms in total. The predicted molar refractivity (Wildman–Crippen MR) is 76.0 cm³/mol. The molecule has 9 heteroatoms. The Kier molecular flexibility index (Phi) is 2.81. The summed E-state index contributed by atoms with van der Waals surface area (Å²) in [6, 6.07) is 3.42. The number of rotatable bonds is 2. The summed E-state index contributed by atoms with van der Waals surface area (Å²) in [6.07, 6.45) is -0.536. The highest BCUT2D eigenvalue weighted by atomic mass is 19.1. The maximum Gasteiger partial charge on any atom is 0.234 e. The molecule has 0 radical (unpaired) electrons. The van der Waals surface area contributed by atoms with Crippen molar-refractivity contribution in [3.8, 4) is 0 Å². The first-order valence-electron chi connectivity index (χ1n) is 7.21. The highest BCUT2D eigenvalue weighted by molar-refractivity contribution is 5.66. The number of hydrogen-bond donors (Lipinski definition) is 2. The summed E-state index contributed by atoms with van der Waals surface area (Å²) in [6.45, 7) is 2.60. The van der Waals surface area contributed by atoms with Gasteiger partial charge < -0.3 is 25.1 Å². The minimum atomic E-state index is -1.83. The van der Waals surface area contributed by atoms with E-state index in [9.17, 15) is 9.50 Å². The molecule has 0 aliphatic carbocycles. The van der Waals surface area contributed by atoms with Crippen molar-refractivity contribution in [3.05, 3.63) is 24.2 Å². The van der Waals surface area contributed by atoms with E-state index in [-0.39, 0.29) is 12.4 Å². The second kappa shape index (κ2) is 4.38. The molecular weight excluding hydrogens is 307 g/mol. The predicted octanol–water partition coefficient (Wildman–Crippen LogP) is 0.347. The molecule has 2 unspecified atom stereocenters. The lowest BCUT2D eigenvalue weighted by molar-refractivity contribution is -0.227. The molecule has 0 aromatic carbocycles. The van der Waals surface area contributed by atoms with Crippen LogP contribution in [0.3, 0.4) is 0 Å². The Morgan fingerprint density at radius 3 is 2.96 bits per heavy atom. The molecule has 2 fully saturated rings. The van der Waals surface area contributed by atoms with Crippen molar-refractivity contribution in [2.24, 2.45) is 0 Å². The lowest BCUT2D eigenvalue weighted by Gasteiger charge is -2.33. The Morgan fingerprint density at radius 2 is 2.22 bits per heavy atom. The zero-order chi connectivity index (χ0) is 16.5. The van der Waals surface area contributed by atoms with Crippen molar-refractivity contribution >= 4 is 11.3 Å². The lowest BCUT2D eigenvalue weighted by Crippen LogP contribution is -2.54. The SMILES string of the molecule is CC1(C)OC2(c3ccc4c(N)ncnn34)COC(F)[C@@]2(CO)O1. The van der Waals surface area contributed by atoms with Crippen LogP contribution in [0.4, 0.5) is 10.2 Å². The molecular formula is C14H17FN4O4. The molecule has 23 heavy (non-hydrogen) atoms. The number of nitrogen functional groups attached to an aromatic ring is 1. The van der Waals surface area contributed by atoms with E-state index < -0.39 is 30.0 Å². The number of aliphatic hydroxyl groups is 1. The van der Waals surface area contributed by atoms with Crippen LogP contribution >= 0.6 is 0 Å². The van der Waals surface area contributed by atoms with Gasteiger partial charge in [0.15, 0.2) is 22.8 Å². The first kappa shape index (κ1) is 14.8. The average molecular weight is 324 g/mol. The van der Waals surface area contributed by atoms with Gasteiger partial charge in [0.2, 0.25) is 6.36 Å². The molecule has 2 saturated heterocycles. The number of ether oxygens (including phenoxy) is 3. The number of halogens is 1. The van der Waals surface area contributed by atoms with Crippen LogP contribution in [-0.2, 0) is 19.8 Å². The average Bonchev–Trinajstić information content (AvgIpc) is 3.10. The number of nitrogens with two attached hydrogens (primary N) is 1. The van der Waals surface area contributed by atoms with Gasteiger partial charge in [-0.15, -0.1) is 0 Å². The fourth-order valence-corrected chi connectivity index (χ4v) is 3.59. The van der Waals surface area contributed by atoms with E-state index in [1.165, 1.54) is 10.8 Å². The number of aromatic nitrogens is 3. The molecule has 2 aliphatic rings. The monoisotopic (exact) mass is 324 g/mol. The van der Waals surface area contributed by atoms with Crippen LogP contribution in [0.5, 0.6) is 0 Å². The second-order valence-corrected chi connectivity index (χ2v) is 6.27.